The molecule has 22 nitrogen and oxygen atoms in total. The van der Waals surface area contributed by atoms with E-state index in [1.54, 1.807) is 24.8 Å². The summed E-state index contributed by atoms with van der Waals surface area (Å²) in [5.41, 5.74) is 4.01. The van der Waals surface area contributed by atoms with E-state index in [4.69, 9.17) is 61.2 Å². The maximum Gasteiger partial charge on any atom is 3.00 e. The van der Waals surface area contributed by atoms with Gasteiger partial charge in [-0.25, -0.2) is 0 Å². The van der Waals surface area contributed by atoms with Crippen molar-refractivity contribution in [3.05, 3.63) is 153 Å². The summed E-state index contributed by atoms with van der Waals surface area (Å²) < 4.78 is 0. The van der Waals surface area contributed by atoms with Crippen LogP contribution in [0.3, 0.4) is 0 Å². The fourth-order valence-corrected chi connectivity index (χ4v) is 4.22. The average Bonchev–Trinajstić information content (AvgIpc) is 3.28. The molecule has 0 saturated heterocycles. The van der Waals surface area contributed by atoms with E-state index in [1.165, 1.54) is 0 Å². The zero-order chi connectivity index (χ0) is 47.2. The van der Waals surface area contributed by atoms with Gasteiger partial charge in [0.25, 0.3) is 0 Å². The van der Waals surface area contributed by atoms with E-state index in [-0.39, 0.29) is 68.3 Å². The van der Waals surface area contributed by atoms with Crippen molar-refractivity contribution in [3.8, 4) is 0 Å². The summed E-state index contributed by atoms with van der Waals surface area (Å²) in [6.07, 6.45) is 11.6. The van der Waals surface area contributed by atoms with E-state index in [0.29, 0.717) is 88.3 Å². The molecule has 0 aliphatic carbocycles. The van der Waals surface area contributed by atoms with Gasteiger partial charge < -0.3 is 63.9 Å². The third-order valence-electron chi connectivity index (χ3n) is 6.70. The van der Waals surface area contributed by atoms with Gasteiger partial charge in [0.15, 0.2) is 0 Å². The average molecular weight is 1070 g/mol. The van der Waals surface area contributed by atoms with E-state index >= 15 is 0 Å². The second-order valence-corrected chi connectivity index (χ2v) is 10.9. The van der Waals surface area contributed by atoms with Gasteiger partial charge in [-0.05, 0) is 111 Å². The summed E-state index contributed by atoms with van der Waals surface area (Å²) in [4.78, 5) is 66.3. The van der Waals surface area contributed by atoms with Crippen LogP contribution in [0.4, 0.5) is 0 Å². The summed E-state index contributed by atoms with van der Waals surface area (Å²) >= 11 is 0. The molecule has 0 aliphatic heterocycles. The van der Waals surface area contributed by atoms with Gasteiger partial charge >= 0.3 is 68.3 Å². The molecule has 66 heavy (non-hydrogen) atoms. The third kappa shape index (κ3) is 65.3. The van der Waals surface area contributed by atoms with E-state index in [9.17, 15) is 10.2 Å². The Morgan fingerprint density at radius 1 is 0.379 bits per heavy atom. The van der Waals surface area contributed by atoms with Crippen LogP contribution in [0.15, 0.2) is 97.6 Å². The first-order chi connectivity index (χ1) is 30.2. The van der Waals surface area contributed by atoms with Gasteiger partial charge in [0, 0.05) is 51.0 Å². The largest absolute Gasteiger partial charge is 3.00 e. The number of pyridine rings is 4. The van der Waals surface area contributed by atoms with Gasteiger partial charge in [0.05, 0.1) is 22.8 Å². The summed E-state index contributed by atoms with van der Waals surface area (Å²) in [6.45, 7) is 5.76. The zero-order valence-electron chi connectivity index (χ0n) is 35.0. The molecule has 0 spiro atoms. The molecule has 0 aliphatic rings. The van der Waals surface area contributed by atoms with Crippen molar-refractivity contribution in [2.45, 2.75) is 64.1 Å². The molecule has 4 heterocycles. The Hall–Kier alpha value is -5.28. The van der Waals surface area contributed by atoms with Crippen molar-refractivity contribution in [1.82, 2.24) is 41.2 Å². The van der Waals surface area contributed by atoms with Gasteiger partial charge in [0.2, 0.25) is 0 Å². The molecule has 4 aromatic heterocycles. The van der Waals surface area contributed by atoms with Crippen molar-refractivity contribution in [1.29, 1.82) is 0 Å². The molecule has 0 fully saturated rings. The predicted molar refractivity (Wildman–Crippen MR) is 224 cm³/mol. The number of nitrogens with zero attached hydrogens (tertiary/aromatic N) is 10. The molecule has 4 aromatic rings. The molecular formula is C40H46Fe4N14O8+4. The Morgan fingerprint density at radius 2 is 0.545 bits per heavy atom. The van der Waals surface area contributed by atoms with E-state index < -0.39 is 12.2 Å². The fraction of sp³-hybridized carbons (Fsp3) is 0.350. The van der Waals surface area contributed by atoms with Crippen LogP contribution in [-0.4, -0.2) is 94.8 Å². The van der Waals surface area contributed by atoms with Crippen LogP contribution >= 0.6 is 0 Å². The van der Waals surface area contributed by atoms with Crippen LogP contribution in [0, 0.1) is 0 Å². The number of carbonyl (C=O) groups excluding carboxylic acids is 6. The van der Waals surface area contributed by atoms with Crippen molar-refractivity contribution >= 4 is 36.5 Å². The minimum absolute atomic E-state index is 0. The third-order valence-corrected chi connectivity index (χ3v) is 6.70. The van der Waals surface area contributed by atoms with Gasteiger partial charge in [-0.15, -0.1) is 12.2 Å². The van der Waals surface area contributed by atoms with Crippen LogP contribution in [0.2, 0.25) is 0 Å². The Balaban J connectivity index is -0.000000119. The van der Waals surface area contributed by atoms with Crippen molar-refractivity contribution in [3.63, 3.8) is 0 Å². The topological polar surface area (TPSA) is 382 Å². The number of hydrogen-bond donors (Lipinski definition) is 4. The first kappa shape index (κ1) is 77.9. The number of aromatic nitrogens is 4. The van der Waals surface area contributed by atoms with Gasteiger partial charge in [-0.3, -0.25) is 48.7 Å². The van der Waals surface area contributed by atoms with Gasteiger partial charge in [-0.1, -0.05) is 49.9 Å². The van der Waals surface area contributed by atoms with Crippen LogP contribution in [0.1, 0.15) is 48.5 Å². The predicted octanol–water partition coefficient (Wildman–Crippen LogP) is 1.07. The smallest absolute Gasteiger partial charge is 0.852 e. The Morgan fingerprint density at radius 3 is 0.682 bits per heavy atom. The molecule has 0 amide bonds. The molecule has 0 unspecified atom stereocenters. The van der Waals surface area contributed by atoms with Crippen molar-refractivity contribution < 1.29 is 107 Å². The number of rotatable bonds is 20. The summed E-state index contributed by atoms with van der Waals surface area (Å²) in [5, 5.41) is 77.3. The van der Waals surface area contributed by atoms with E-state index in [0.717, 1.165) is 49.0 Å². The molecule has 352 valence electrons. The minimum Gasteiger partial charge on any atom is -0.852 e. The van der Waals surface area contributed by atoms with Crippen molar-refractivity contribution in [2.75, 3.05) is 26.2 Å². The van der Waals surface area contributed by atoms with Gasteiger partial charge in [-0.2, -0.15) is 0 Å². The van der Waals surface area contributed by atoms with Crippen LogP contribution in [0.5, 0.6) is 0 Å². The number of hydrogen-bond acceptors (Lipinski definition) is 16. The van der Waals surface area contributed by atoms with Gasteiger partial charge in [0.1, 0.15) is 0 Å². The maximum atomic E-state index is 11.8. The molecule has 26 heteroatoms. The molecular weight excluding hydrogens is 1030 g/mol. The molecule has 0 bridgehead atoms. The minimum atomic E-state index is -0.535. The molecule has 4 N–H and O–H groups in total. The molecule has 4 radical (unpaired) electrons. The number of isocyanates is 6. The molecule has 0 atom stereocenters. The number of nitrogens with one attached hydrogen (secondary N) is 4. The summed E-state index contributed by atoms with van der Waals surface area (Å²) in [7, 11) is 0. The van der Waals surface area contributed by atoms with Crippen LogP contribution in [-0.2, 0) is 123 Å². The quantitative estimate of drug-likeness (QED) is 0.0416. The first-order valence-corrected chi connectivity index (χ1v) is 18.0. The molecule has 0 aromatic carbocycles. The fourth-order valence-electron chi connectivity index (χ4n) is 4.22. The van der Waals surface area contributed by atoms with E-state index in [2.05, 4.69) is 41.2 Å². The SMILES string of the molecule is [Fe+3].[Fe+3].[Fe+3].[Fe+3].[N-]=C=O.[N-]=C=O.[N-]=C=O.[N-]=C=O.[N-]=C=O.[N-]=C=O.[O-]C(CCNCc1ccccn1)CCNCc1ccccn1.[O-]C(CCNCc1ccccn1)CCNCc1ccccn1. The molecule has 0 saturated carbocycles. The van der Waals surface area contributed by atoms with E-state index in [1.807, 2.05) is 72.8 Å². The van der Waals surface area contributed by atoms with Crippen LogP contribution < -0.4 is 31.5 Å². The van der Waals surface area contributed by atoms with Crippen molar-refractivity contribution in [2.24, 2.45) is 0 Å². The summed E-state index contributed by atoms with van der Waals surface area (Å²) in [6, 6.07) is 23.4. The normalized spacial score (nSPS) is 8.06. The second-order valence-electron chi connectivity index (χ2n) is 10.9. The summed E-state index contributed by atoms with van der Waals surface area (Å²) in [5.74, 6) is 0. The zero-order valence-corrected chi connectivity index (χ0v) is 39.4. The molecule has 4 rings (SSSR count). The monoisotopic (exact) mass is 1070 g/mol. The second kappa shape index (κ2) is 68.8. The Kier molecular flexibility index (Phi) is 81.2. The first-order valence-electron chi connectivity index (χ1n) is 18.0. The Bertz CT molecular complexity index is 1520. The van der Waals surface area contributed by atoms with Crippen LogP contribution in [0.25, 0.3) is 32.5 Å². The standard InChI is InChI=1S/2C17H23N4O.6CNO.4Fe/c2*22-17(7-11-18-13-15-5-1-3-9-20-15)8-12-19-14-16-6-2-4-10-21-16;6*2-1-3;;;;/h2*1-6,9-10,17-19H,7-8,11-14H2;;;;;;;;;;/q8*-1;4*+3. The Labute approximate surface area is 425 Å². The maximum absolute atomic E-state index is 11.8.